The summed E-state index contributed by atoms with van der Waals surface area (Å²) in [7, 11) is 0. The maximum absolute atomic E-state index is 6.08. The van der Waals surface area contributed by atoms with E-state index >= 15 is 0 Å². The second-order valence-corrected chi connectivity index (χ2v) is 5.83. The van der Waals surface area contributed by atoms with Crippen molar-refractivity contribution in [2.45, 2.75) is 39.3 Å². The zero-order valence-electron chi connectivity index (χ0n) is 13.2. The minimum absolute atomic E-state index is 0.356. The molecule has 0 amide bonds. The number of nitrogens with two attached hydrogens (primary N) is 1. The largest absolute Gasteiger partial charge is 0.329 e. The maximum atomic E-state index is 6.08. The van der Waals surface area contributed by atoms with Crippen LogP contribution in [0.25, 0.3) is 0 Å². The Hall–Kier alpha value is -0.900. The fraction of sp³-hybridized carbons (Fsp3) is 0.647. The summed E-state index contributed by atoms with van der Waals surface area (Å²) in [5, 5.41) is 0. The van der Waals surface area contributed by atoms with Gasteiger partial charge in [0.1, 0.15) is 0 Å². The van der Waals surface area contributed by atoms with Crippen molar-refractivity contribution in [3.8, 4) is 0 Å². The molecule has 0 aromatic heterocycles. The zero-order chi connectivity index (χ0) is 14.5. The van der Waals surface area contributed by atoms with Gasteiger partial charge in [-0.05, 0) is 31.0 Å². The average Bonchev–Trinajstić information content (AvgIpc) is 2.50. The van der Waals surface area contributed by atoms with Crippen molar-refractivity contribution in [3.05, 3.63) is 35.4 Å². The van der Waals surface area contributed by atoms with Gasteiger partial charge >= 0.3 is 0 Å². The second kappa shape index (κ2) is 7.21. The predicted molar refractivity (Wildman–Crippen MR) is 85.9 cm³/mol. The smallest absolute Gasteiger partial charge is 0.0474 e. The van der Waals surface area contributed by atoms with Gasteiger partial charge in [-0.2, -0.15) is 0 Å². The highest BCUT2D eigenvalue weighted by molar-refractivity contribution is 5.25. The molecule has 2 atom stereocenters. The second-order valence-electron chi connectivity index (χ2n) is 5.83. The first-order valence-electron chi connectivity index (χ1n) is 7.96. The van der Waals surface area contributed by atoms with Gasteiger partial charge in [0.05, 0.1) is 0 Å². The van der Waals surface area contributed by atoms with E-state index in [-0.39, 0.29) is 0 Å². The van der Waals surface area contributed by atoms with E-state index in [9.17, 15) is 0 Å². The van der Waals surface area contributed by atoms with Gasteiger partial charge < -0.3 is 10.6 Å². The van der Waals surface area contributed by atoms with Crippen molar-refractivity contribution < 1.29 is 0 Å². The number of rotatable bonds is 5. The minimum Gasteiger partial charge on any atom is -0.329 e. The van der Waals surface area contributed by atoms with Crippen molar-refractivity contribution in [1.29, 1.82) is 0 Å². The summed E-state index contributed by atoms with van der Waals surface area (Å²) < 4.78 is 0. The Kier molecular flexibility index (Phi) is 5.58. The van der Waals surface area contributed by atoms with E-state index in [1.807, 2.05) is 0 Å². The zero-order valence-corrected chi connectivity index (χ0v) is 13.2. The van der Waals surface area contributed by atoms with Gasteiger partial charge in [-0.1, -0.05) is 38.1 Å². The molecule has 2 N–H and O–H groups in total. The number of piperazine rings is 1. The van der Waals surface area contributed by atoms with Crippen LogP contribution in [0.2, 0.25) is 0 Å². The summed E-state index contributed by atoms with van der Waals surface area (Å²) in [4.78, 5) is 5.10. The van der Waals surface area contributed by atoms with Crippen molar-refractivity contribution in [2.75, 3.05) is 32.7 Å². The first-order valence-corrected chi connectivity index (χ1v) is 7.96. The fourth-order valence-corrected chi connectivity index (χ4v) is 3.24. The van der Waals surface area contributed by atoms with Crippen LogP contribution >= 0.6 is 0 Å². The van der Waals surface area contributed by atoms with Gasteiger partial charge in [-0.15, -0.1) is 0 Å². The first kappa shape index (κ1) is 15.5. The third-order valence-electron chi connectivity index (χ3n) is 4.61. The number of nitrogens with zero attached hydrogens (tertiary/aromatic N) is 2. The summed E-state index contributed by atoms with van der Waals surface area (Å²) in [6, 6.07) is 9.93. The van der Waals surface area contributed by atoms with Crippen molar-refractivity contribution >= 4 is 0 Å². The lowest BCUT2D eigenvalue weighted by Gasteiger charge is -2.43. The third-order valence-corrected chi connectivity index (χ3v) is 4.61. The third kappa shape index (κ3) is 3.40. The van der Waals surface area contributed by atoms with Crippen molar-refractivity contribution in [1.82, 2.24) is 9.80 Å². The Labute approximate surface area is 123 Å². The molecule has 2 unspecified atom stereocenters. The molecule has 1 saturated heterocycles. The van der Waals surface area contributed by atoms with Gasteiger partial charge in [0, 0.05) is 38.3 Å². The van der Waals surface area contributed by atoms with E-state index in [2.05, 4.69) is 54.8 Å². The molecule has 0 radical (unpaired) electrons. The summed E-state index contributed by atoms with van der Waals surface area (Å²) in [6.07, 6.45) is 1.10. The molecule has 20 heavy (non-hydrogen) atoms. The molecule has 1 aromatic carbocycles. The van der Waals surface area contributed by atoms with Crippen LogP contribution in [0, 0.1) is 0 Å². The van der Waals surface area contributed by atoms with E-state index in [1.54, 1.807) is 0 Å². The molecule has 1 fully saturated rings. The average molecular weight is 275 g/mol. The maximum Gasteiger partial charge on any atom is 0.0474 e. The molecule has 1 aliphatic rings. The quantitative estimate of drug-likeness (QED) is 0.895. The number of hydrogen-bond donors (Lipinski definition) is 1. The predicted octanol–water partition coefficient (Wildman–Crippen LogP) is 2.27. The Balaban J connectivity index is 2.10. The van der Waals surface area contributed by atoms with Crippen LogP contribution in [0.15, 0.2) is 24.3 Å². The van der Waals surface area contributed by atoms with Crippen molar-refractivity contribution in [2.24, 2.45) is 5.73 Å². The normalized spacial score (nSPS) is 22.9. The molecule has 3 heteroatoms. The van der Waals surface area contributed by atoms with Crippen molar-refractivity contribution in [3.63, 3.8) is 0 Å². The molecule has 0 bridgehead atoms. The number of hydrogen-bond acceptors (Lipinski definition) is 3. The number of likely N-dealkylation sites (N-methyl/N-ethyl adjacent to an activating group) is 1. The molecule has 0 aliphatic carbocycles. The van der Waals surface area contributed by atoms with Crippen LogP contribution in [0.5, 0.6) is 0 Å². The van der Waals surface area contributed by atoms with E-state index in [4.69, 9.17) is 5.73 Å². The highest BCUT2D eigenvalue weighted by atomic mass is 15.3. The van der Waals surface area contributed by atoms with Crippen LogP contribution in [0.3, 0.4) is 0 Å². The summed E-state index contributed by atoms with van der Waals surface area (Å²) in [6.45, 7) is 12.0. The molecular formula is C17H29N3. The van der Waals surface area contributed by atoms with Gasteiger partial charge in [0.15, 0.2) is 0 Å². The van der Waals surface area contributed by atoms with Crippen LogP contribution in [-0.2, 0) is 6.42 Å². The number of benzene rings is 1. The summed E-state index contributed by atoms with van der Waals surface area (Å²) in [5.74, 6) is 0. The number of aryl methyl sites for hydroxylation is 1. The molecular weight excluding hydrogens is 246 g/mol. The fourth-order valence-electron chi connectivity index (χ4n) is 3.24. The standard InChI is InChI=1S/C17H29N3/c1-4-15-6-8-16(9-7-15)17(12-18)20-11-10-19(5-2)13-14(20)3/h6-9,14,17H,4-5,10-13,18H2,1-3H3. The highest BCUT2D eigenvalue weighted by Gasteiger charge is 2.28. The Morgan fingerprint density at radius 1 is 1.20 bits per heavy atom. The molecule has 0 spiro atoms. The molecule has 1 heterocycles. The van der Waals surface area contributed by atoms with Crippen LogP contribution < -0.4 is 5.73 Å². The van der Waals surface area contributed by atoms with Gasteiger partial charge in [-0.25, -0.2) is 0 Å². The lowest BCUT2D eigenvalue weighted by atomic mass is 10.00. The topological polar surface area (TPSA) is 32.5 Å². The molecule has 2 rings (SSSR count). The monoisotopic (exact) mass is 275 g/mol. The van der Waals surface area contributed by atoms with Crippen LogP contribution in [0.1, 0.15) is 37.9 Å². The van der Waals surface area contributed by atoms with Gasteiger partial charge in [0.2, 0.25) is 0 Å². The van der Waals surface area contributed by atoms with E-state index in [0.717, 1.165) is 32.6 Å². The van der Waals surface area contributed by atoms with Crippen LogP contribution in [0.4, 0.5) is 0 Å². The molecule has 1 aromatic rings. The van der Waals surface area contributed by atoms with E-state index in [0.29, 0.717) is 18.6 Å². The Morgan fingerprint density at radius 3 is 2.40 bits per heavy atom. The lowest BCUT2D eigenvalue weighted by molar-refractivity contribution is 0.0536. The van der Waals surface area contributed by atoms with Gasteiger partial charge in [-0.3, -0.25) is 4.90 Å². The first-order chi connectivity index (χ1) is 9.69. The SMILES string of the molecule is CCc1ccc(C(CN)N2CCN(CC)CC2C)cc1. The molecule has 0 saturated carbocycles. The molecule has 3 nitrogen and oxygen atoms in total. The highest BCUT2D eigenvalue weighted by Crippen LogP contribution is 2.25. The Morgan fingerprint density at radius 2 is 1.90 bits per heavy atom. The van der Waals surface area contributed by atoms with E-state index in [1.165, 1.54) is 11.1 Å². The lowest BCUT2D eigenvalue weighted by Crippen LogP contribution is -2.53. The van der Waals surface area contributed by atoms with Crippen LogP contribution in [-0.4, -0.2) is 48.6 Å². The molecule has 1 aliphatic heterocycles. The van der Waals surface area contributed by atoms with E-state index < -0.39 is 0 Å². The minimum atomic E-state index is 0.356. The van der Waals surface area contributed by atoms with Gasteiger partial charge in [0.25, 0.3) is 0 Å². The summed E-state index contributed by atoms with van der Waals surface area (Å²) in [5.41, 5.74) is 8.84. The molecule has 112 valence electrons. The summed E-state index contributed by atoms with van der Waals surface area (Å²) >= 11 is 0. The Bertz CT molecular complexity index is 401.